The van der Waals surface area contributed by atoms with Crippen LogP contribution in [0.1, 0.15) is 25.8 Å². The van der Waals surface area contributed by atoms with E-state index in [1.165, 1.54) is 0 Å². The summed E-state index contributed by atoms with van der Waals surface area (Å²) in [7, 11) is 0. The monoisotopic (exact) mass is 286 g/mol. The number of carbonyl (C=O) groups is 1. The third-order valence-electron chi connectivity index (χ3n) is 3.91. The van der Waals surface area contributed by atoms with Crippen LogP contribution < -0.4 is 10.2 Å². The van der Waals surface area contributed by atoms with Crippen LogP contribution in [0.15, 0.2) is 24.3 Å². The van der Waals surface area contributed by atoms with E-state index in [0.29, 0.717) is 18.7 Å². The van der Waals surface area contributed by atoms with Crippen LogP contribution in [-0.2, 0) is 0 Å². The third kappa shape index (κ3) is 3.66. The highest BCUT2D eigenvalue weighted by Crippen LogP contribution is 2.21. The van der Waals surface area contributed by atoms with Crippen molar-refractivity contribution in [1.29, 1.82) is 5.26 Å². The van der Waals surface area contributed by atoms with E-state index in [1.807, 2.05) is 36.1 Å². The molecule has 0 aliphatic carbocycles. The van der Waals surface area contributed by atoms with E-state index < -0.39 is 0 Å². The summed E-state index contributed by atoms with van der Waals surface area (Å²) >= 11 is 0. The number of benzene rings is 1. The second-order valence-electron chi connectivity index (χ2n) is 5.36. The van der Waals surface area contributed by atoms with Gasteiger partial charge in [0.2, 0.25) is 0 Å². The second-order valence-corrected chi connectivity index (χ2v) is 5.36. The highest BCUT2D eigenvalue weighted by Gasteiger charge is 2.22. The number of piperazine rings is 1. The van der Waals surface area contributed by atoms with Gasteiger partial charge in [0.05, 0.1) is 11.3 Å². The molecule has 21 heavy (non-hydrogen) atoms. The number of amides is 2. The molecule has 112 valence electrons. The molecule has 5 nitrogen and oxygen atoms in total. The minimum Gasteiger partial charge on any atom is -0.367 e. The van der Waals surface area contributed by atoms with Gasteiger partial charge in [-0.25, -0.2) is 4.79 Å². The van der Waals surface area contributed by atoms with E-state index in [-0.39, 0.29) is 12.1 Å². The molecule has 1 aliphatic heterocycles. The fourth-order valence-electron chi connectivity index (χ4n) is 2.40. The summed E-state index contributed by atoms with van der Waals surface area (Å²) in [6.07, 6.45) is 0.932. The van der Waals surface area contributed by atoms with Crippen molar-refractivity contribution in [2.45, 2.75) is 26.3 Å². The molecule has 1 heterocycles. The number of carbonyl (C=O) groups excluding carboxylic acids is 1. The lowest BCUT2D eigenvalue weighted by molar-refractivity contribution is 0.191. The Hall–Kier alpha value is -2.22. The molecule has 1 N–H and O–H groups in total. The molecule has 0 bridgehead atoms. The molecule has 0 aromatic heterocycles. The summed E-state index contributed by atoms with van der Waals surface area (Å²) in [6, 6.07) is 10.1. The van der Waals surface area contributed by atoms with Gasteiger partial charge in [-0.15, -0.1) is 0 Å². The third-order valence-corrected chi connectivity index (χ3v) is 3.91. The first-order valence-corrected chi connectivity index (χ1v) is 7.45. The van der Waals surface area contributed by atoms with Crippen molar-refractivity contribution in [2.75, 3.05) is 31.1 Å². The van der Waals surface area contributed by atoms with Crippen molar-refractivity contribution in [2.24, 2.45) is 0 Å². The van der Waals surface area contributed by atoms with Crippen LogP contribution in [0.2, 0.25) is 0 Å². The predicted molar refractivity (Wildman–Crippen MR) is 83.2 cm³/mol. The summed E-state index contributed by atoms with van der Waals surface area (Å²) in [4.78, 5) is 16.1. The minimum atomic E-state index is 0.0116. The van der Waals surface area contributed by atoms with Gasteiger partial charge in [0.1, 0.15) is 6.07 Å². The van der Waals surface area contributed by atoms with E-state index in [1.54, 1.807) is 0 Å². The van der Waals surface area contributed by atoms with Crippen LogP contribution >= 0.6 is 0 Å². The Morgan fingerprint density at radius 1 is 1.33 bits per heavy atom. The zero-order valence-electron chi connectivity index (χ0n) is 12.7. The molecule has 0 radical (unpaired) electrons. The first kappa shape index (κ1) is 15.2. The number of para-hydroxylation sites is 1. The molecule has 0 saturated carbocycles. The summed E-state index contributed by atoms with van der Waals surface area (Å²) in [5.74, 6) is 0. The standard InChI is InChI=1S/C16H22N4O/c1-3-13(2)18-16(21)20-10-8-19(9-11-20)15-7-5-4-6-14(15)12-17/h4-7,13H,3,8-11H2,1-2H3,(H,18,21). The van der Waals surface area contributed by atoms with Crippen LogP contribution in [0.3, 0.4) is 0 Å². The molecule has 1 unspecified atom stereocenters. The van der Waals surface area contributed by atoms with Crippen molar-refractivity contribution in [3.63, 3.8) is 0 Å². The fourth-order valence-corrected chi connectivity index (χ4v) is 2.40. The zero-order chi connectivity index (χ0) is 15.2. The van der Waals surface area contributed by atoms with Crippen LogP contribution in [0, 0.1) is 11.3 Å². The number of nitrogens with one attached hydrogen (secondary N) is 1. The lowest BCUT2D eigenvalue weighted by Gasteiger charge is -2.36. The smallest absolute Gasteiger partial charge is 0.317 e. The van der Waals surface area contributed by atoms with Gasteiger partial charge in [-0.1, -0.05) is 19.1 Å². The Bertz CT molecular complexity index is 529. The topological polar surface area (TPSA) is 59.4 Å². The minimum absolute atomic E-state index is 0.0116. The second kappa shape index (κ2) is 6.98. The van der Waals surface area contributed by atoms with Gasteiger partial charge in [-0.3, -0.25) is 0 Å². The lowest BCUT2D eigenvalue weighted by atomic mass is 10.1. The summed E-state index contributed by atoms with van der Waals surface area (Å²) in [6.45, 7) is 6.95. The van der Waals surface area contributed by atoms with Crippen molar-refractivity contribution >= 4 is 11.7 Å². The van der Waals surface area contributed by atoms with Gasteiger partial charge >= 0.3 is 6.03 Å². The molecule has 2 amide bonds. The van der Waals surface area contributed by atoms with Gasteiger partial charge < -0.3 is 15.1 Å². The van der Waals surface area contributed by atoms with E-state index in [9.17, 15) is 4.79 Å². The first-order chi connectivity index (χ1) is 10.2. The predicted octanol–water partition coefficient (Wildman–Crippen LogP) is 2.19. The van der Waals surface area contributed by atoms with E-state index >= 15 is 0 Å². The van der Waals surface area contributed by atoms with Crippen molar-refractivity contribution < 1.29 is 4.79 Å². The number of hydrogen-bond donors (Lipinski definition) is 1. The summed E-state index contributed by atoms with van der Waals surface area (Å²) in [5.41, 5.74) is 1.65. The molecular weight excluding hydrogens is 264 g/mol. The normalized spacial score (nSPS) is 16.2. The summed E-state index contributed by atoms with van der Waals surface area (Å²) < 4.78 is 0. The van der Waals surface area contributed by atoms with Crippen molar-refractivity contribution in [1.82, 2.24) is 10.2 Å². The Morgan fingerprint density at radius 2 is 2.00 bits per heavy atom. The molecule has 0 spiro atoms. The van der Waals surface area contributed by atoms with Crippen LogP contribution in [0.25, 0.3) is 0 Å². The van der Waals surface area contributed by atoms with Gasteiger partial charge in [0, 0.05) is 32.2 Å². The molecule has 2 rings (SSSR count). The largest absolute Gasteiger partial charge is 0.367 e. The Morgan fingerprint density at radius 3 is 2.62 bits per heavy atom. The van der Waals surface area contributed by atoms with Gasteiger partial charge in [-0.2, -0.15) is 5.26 Å². The maximum Gasteiger partial charge on any atom is 0.317 e. The number of hydrogen-bond acceptors (Lipinski definition) is 3. The molecule has 1 aromatic carbocycles. The van der Waals surface area contributed by atoms with E-state index in [4.69, 9.17) is 5.26 Å². The SMILES string of the molecule is CCC(C)NC(=O)N1CCN(c2ccccc2C#N)CC1. The summed E-state index contributed by atoms with van der Waals surface area (Å²) in [5, 5.41) is 12.2. The Labute approximate surface area is 126 Å². The number of urea groups is 1. The number of nitriles is 1. The molecule has 1 atom stereocenters. The Balaban J connectivity index is 1.94. The highest BCUT2D eigenvalue weighted by atomic mass is 16.2. The first-order valence-electron chi connectivity index (χ1n) is 7.45. The molecule has 1 aromatic rings. The molecular formula is C16H22N4O. The molecule has 5 heteroatoms. The van der Waals surface area contributed by atoms with E-state index in [0.717, 1.165) is 25.2 Å². The molecule has 1 fully saturated rings. The number of anilines is 1. The van der Waals surface area contributed by atoms with E-state index in [2.05, 4.69) is 23.2 Å². The van der Waals surface area contributed by atoms with Gasteiger partial charge in [0.15, 0.2) is 0 Å². The fraction of sp³-hybridized carbons (Fsp3) is 0.500. The van der Waals surface area contributed by atoms with Crippen LogP contribution in [-0.4, -0.2) is 43.2 Å². The van der Waals surface area contributed by atoms with Crippen LogP contribution in [0.5, 0.6) is 0 Å². The average Bonchev–Trinajstić information content (AvgIpc) is 2.54. The number of rotatable bonds is 3. The molecule has 1 saturated heterocycles. The maximum atomic E-state index is 12.1. The van der Waals surface area contributed by atoms with Crippen LogP contribution in [0.4, 0.5) is 10.5 Å². The van der Waals surface area contributed by atoms with Gasteiger partial charge in [0.25, 0.3) is 0 Å². The zero-order valence-corrected chi connectivity index (χ0v) is 12.7. The molecule has 1 aliphatic rings. The number of nitrogens with zero attached hydrogens (tertiary/aromatic N) is 3. The maximum absolute atomic E-state index is 12.1. The lowest BCUT2D eigenvalue weighted by Crippen LogP contribution is -2.53. The Kier molecular flexibility index (Phi) is 5.04. The van der Waals surface area contributed by atoms with Crippen molar-refractivity contribution in [3.8, 4) is 6.07 Å². The van der Waals surface area contributed by atoms with Crippen molar-refractivity contribution in [3.05, 3.63) is 29.8 Å². The average molecular weight is 286 g/mol. The van der Waals surface area contributed by atoms with Gasteiger partial charge in [-0.05, 0) is 25.5 Å². The highest BCUT2D eigenvalue weighted by molar-refractivity contribution is 5.75. The quantitative estimate of drug-likeness (QED) is 0.926.